The second-order valence-corrected chi connectivity index (χ2v) is 3.75. The number of nitrogens with one attached hydrogen (secondary N) is 1. The molecule has 1 N–H and O–H groups in total. The molecule has 4 nitrogen and oxygen atoms in total. The Kier molecular flexibility index (Phi) is 3.55. The normalized spacial score (nSPS) is 10.0. The van der Waals surface area contributed by atoms with Crippen LogP contribution in [-0.2, 0) is 6.54 Å². The maximum absolute atomic E-state index is 5.27. The van der Waals surface area contributed by atoms with Crippen LogP contribution in [0.4, 0.5) is 5.95 Å². The Labute approximate surface area is 101 Å². The van der Waals surface area contributed by atoms with Gasteiger partial charge in [0, 0.05) is 24.5 Å². The Bertz CT molecular complexity index is 482. The number of anilines is 1. The number of para-hydroxylation sites is 1. The molecule has 17 heavy (non-hydrogen) atoms. The van der Waals surface area contributed by atoms with Crippen molar-refractivity contribution in [2.75, 3.05) is 12.4 Å². The van der Waals surface area contributed by atoms with Crippen LogP contribution in [0.1, 0.15) is 11.1 Å². The molecular weight excluding hydrogens is 214 g/mol. The first kappa shape index (κ1) is 11.4. The molecular formula is C13H15N3O. The van der Waals surface area contributed by atoms with Gasteiger partial charge in [-0.1, -0.05) is 18.2 Å². The summed E-state index contributed by atoms with van der Waals surface area (Å²) in [5, 5.41) is 3.16. The second kappa shape index (κ2) is 5.30. The van der Waals surface area contributed by atoms with Gasteiger partial charge in [0.1, 0.15) is 5.75 Å². The van der Waals surface area contributed by atoms with Crippen LogP contribution < -0.4 is 10.1 Å². The fourth-order valence-electron chi connectivity index (χ4n) is 1.51. The molecule has 0 radical (unpaired) electrons. The topological polar surface area (TPSA) is 47.0 Å². The first-order chi connectivity index (χ1) is 8.29. The van der Waals surface area contributed by atoms with Gasteiger partial charge >= 0.3 is 0 Å². The van der Waals surface area contributed by atoms with Gasteiger partial charge in [-0.25, -0.2) is 9.97 Å². The predicted molar refractivity (Wildman–Crippen MR) is 67.1 cm³/mol. The van der Waals surface area contributed by atoms with Crippen LogP contribution in [-0.4, -0.2) is 17.1 Å². The van der Waals surface area contributed by atoms with Crippen LogP contribution in [0, 0.1) is 6.92 Å². The van der Waals surface area contributed by atoms with Gasteiger partial charge < -0.3 is 10.1 Å². The molecule has 88 valence electrons. The van der Waals surface area contributed by atoms with E-state index >= 15 is 0 Å². The minimum atomic E-state index is 0.626. The number of nitrogens with zero attached hydrogens (tertiary/aromatic N) is 2. The number of hydrogen-bond acceptors (Lipinski definition) is 4. The van der Waals surface area contributed by atoms with Gasteiger partial charge in [0.2, 0.25) is 5.95 Å². The van der Waals surface area contributed by atoms with E-state index in [-0.39, 0.29) is 0 Å². The number of aryl methyl sites for hydroxylation is 1. The summed E-state index contributed by atoms with van der Waals surface area (Å²) in [4.78, 5) is 8.37. The Morgan fingerprint density at radius 2 is 1.88 bits per heavy atom. The van der Waals surface area contributed by atoms with Crippen molar-refractivity contribution in [3.8, 4) is 5.75 Å². The van der Waals surface area contributed by atoms with Crippen LogP contribution in [0.3, 0.4) is 0 Å². The predicted octanol–water partition coefficient (Wildman–Crippen LogP) is 2.41. The van der Waals surface area contributed by atoms with E-state index in [1.54, 1.807) is 19.5 Å². The zero-order valence-electron chi connectivity index (χ0n) is 9.97. The highest BCUT2D eigenvalue weighted by atomic mass is 16.5. The zero-order valence-corrected chi connectivity index (χ0v) is 9.97. The second-order valence-electron chi connectivity index (χ2n) is 3.75. The molecule has 0 aliphatic rings. The van der Waals surface area contributed by atoms with E-state index in [4.69, 9.17) is 4.74 Å². The summed E-state index contributed by atoms with van der Waals surface area (Å²) in [6.45, 7) is 2.61. The lowest BCUT2D eigenvalue weighted by Crippen LogP contribution is -2.04. The molecule has 0 fully saturated rings. The van der Waals surface area contributed by atoms with Crippen LogP contribution in [0.2, 0.25) is 0 Å². The lowest BCUT2D eigenvalue weighted by Gasteiger charge is -2.09. The fraction of sp³-hybridized carbons (Fsp3) is 0.231. The average Bonchev–Trinajstić information content (AvgIpc) is 2.38. The molecule has 1 heterocycles. The van der Waals surface area contributed by atoms with Gasteiger partial charge in [-0.05, 0) is 18.6 Å². The van der Waals surface area contributed by atoms with Crippen molar-refractivity contribution in [3.05, 3.63) is 47.8 Å². The number of ether oxygens (including phenoxy) is 1. The third-order valence-corrected chi connectivity index (χ3v) is 2.41. The first-order valence-corrected chi connectivity index (χ1v) is 5.44. The lowest BCUT2D eigenvalue weighted by molar-refractivity contribution is 0.410. The Morgan fingerprint density at radius 3 is 2.59 bits per heavy atom. The van der Waals surface area contributed by atoms with Gasteiger partial charge in [-0.2, -0.15) is 0 Å². The molecule has 0 saturated heterocycles. The largest absolute Gasteiger partial charge is 0.496 e. The monoisotopic (exact) mass is 229 g/mol. The molecule has 0 aliphatic carbocycles. The van der Waals surface area contributed by atoms with E-state index in [0.717, 1.165) is 16.9 Å². The van der Waals surface area contributed by atoms with Gasteiger partial charge in [-0.3, -0.25) is 0 Å². The summed E-state index contributed by atoms with van der Waals surface area (Å²) in [5.41, 5.74) is 2.13. The van der Waals surface area contributed by atoms with E-state index in [9.17, 15) is 0 Å². The summed E-state index contributed by atoms with van der Waals surface area (Å²) in [5.74, 6) is 1.49. The third-order valence-electron chi connectivity index (χ3n) is 2.41. The summed E-state index contributed by atoms with van der Waals surface area (Å²) >= 11 is 0. The highest BCUT2D eigenvalue weighted by Gasteiger charge is 2.01. The smallest absolute Gasteiger partial charge is 0.222 e. The molecule has 0 saturated carbocycles. The standard InChI is InChI=1S/C13H15N3O/c1-10-7-14-13(15-8-10)16-9-11-5-3-4-6-12(11)17-2/h3-8H,9H2,1-2H3,(H,14,15,16). The van der Waals surface area contributed by atoms with Crippen molar-refractivity contribution >= 4 is 5.95 Å². The molecule has 0 amide bonds. The number of methoxy groups -OCH3 is 1. The van der Waals surface area contributed by atoms with Crippen LogP contribution >= 0.6 is 0 Å². The van der Waals surface area contributed by atoms with Crippen molar-refractivity contribution in [2.24, 2.45) is 0 Å². The van der Waals surface area contributed by atoms with Gasteiger partial charge in [0.05, 0.1) is 7.11 Å². The number of rotatable bonds is 4. The molecule has 0 spiro atoms. The van der Waals surface area contributed by atoms with Crippen LogP contribution in [0.5, 0.6) is 5.75 Å². The molecule has 2 rings (SSSR count). The van der Waals surface area contributed by atoms with E-state index in [2.05, 4.69) is 15.3 Å². The van der Waals surface area contributed by atoms with Gasteiger partial charge in [0.25, 0.3) is 0 Å². The van der Waals surface area contributed by atoms with Crippen molar-refractivity contribution in [3.63, 3.8) is 0 Å². The maximum atomic E-state index is 5.27. The van der Waals surface area contributed by atoms with E-state index in [0.29, 0.717) is 12.5 Å². The minimum absolute atomic E-state index is 0.626. The molecule has 0 aliphatic heterocycles. The first-order valence-electron chi connectivity index (χ1n) is 5.44. The van der Waals surface area contributed by atoms with E-state index in [1.807, 2.05) is 31.2 Å². The summed E-state index contributed by atoms with van der Waals surface area (Å²) in [6, 6.07) is 7.88. The number of hydrogen-bond donors (Lipinski definition) is 1. The average molecular weight is 229 g/mol. The quantitative estimate of drug-likeness (QED) is 0.874. The van der Waals surface area contributed by atoms with E-state index in [1.165, 1.54) is 0 Å². The van der Waals surface area contributed by atoms with Crippen molar-refractivity contribution in [2.45, 2.75) is 13.5 Å². The molecule has 0 unspecified atom stereocenters. The zero-order chi connectivity index (χ0) is 12.1. The number of benzene rings is 1. The van der Waals surface area contributed by atoms with Crippen LogP contribution in [0.15, 0.2) is 36.7 Å². The van der Waals surface area contributed by atoms with Crippen molar-refractivity contribution < 1.29 is 4.74 Å². The Balaban J connectivity index is 2.04. The SMILES string of the molecule is COc1ccccc1CNc1ncc(C)cn1. The van der Waals surface area contributed by atoms with Crippen LogP contribution in [0.25, 0.3) is 0 Å². The minimum Gasteiger partial charge on any atom is -0.496 e. The Hall–Kier alpha value is -2.10. The summed E-state index contributed by atoms with van der Waals surface area (Å²) in [7, 11) is 1.67. The highest BCUT2D eigenvalue weighted by molar-refractivity contribution is 5.36. The summed E-state index contributed by atoms with van der Waals surface area (Å²) in [6.07, 6.45) is 3.58. The molecule has 0 atom stereocenters. The van der Waals surface area contributed by atoms with E-state index < -0.39 is 0 Å². The molecule has 0 bridgehead atoms. The molecule has 1 aromatic heterocycles. The number of aromatic nitrogens is 2. The van der Waals surface area contributed by atoms with Crippen molar-refractivity contribution in [1.29, 1.82) is 0 Å². The highest BCUT2D eigenvalue weighted by Crippen LogP contribution is 2.17. The van der Waals surface area contributed by atoms with Crippen molar-refractivity contribution in [1.82, 2.24) is 9.97 Å². The molecule has 4 heteroatoms. The summed E-state index contributed by atoms with van der Waals surface area (Å²) < 4.78 is 5.27. The third kappa shape index (κ3) is 2.93. The lowest BCUT2D eigenvalue weighted by atomic mass is 10.2. The van der Waals surface area contributed by atoms with Gasteiger partial charge in [0.15, 0.2) is 0 Å². The Morgan fingerprint density at radius 1 is 1.18 bits per heavy atom. The molecule has 1 aromatic carbocycles. The maximum Gasteiger partial charge on any atom is 0.222 e. The van der Waals surface area contributed by atoms with Gasteiger partial charge in [-0.15, -0.1) is 0 Å². The molecule has 2 aromatic rings. The fourth-order valence-corrected chi connectivity index (χ4v) is 1.51.